The third-order valence-corrected chi connectivity index (χ3v) is 7.00. The highest BCUT2D eigenvalue weighted by molar-refractivity contribution is 7.22. The summed E-state index contributed by atoms with van der Waals surface area (Å²) in [6.07, 6.45) is 1.34. The Morgan fingerprint density at radius 3 is 2.70 bits per heavy atom. The molecule has 2 aromatic heterocycles. The molecule has 166 valence electrons. The number of carbonyl (C=O) groups excluding carboxylic acids is 2. The molecule has 0 saturated carbocycles. The van der Waals surface area contributed by atoms with Crippen molar-refractivity contribution in [2.75, 3.05) is 12.0 Å². The highest BCUT2D eigenvalue weighted by atomic mass is 35.5. The number of furan rings is 1. The van der Waals surface area contributed by atoms with E-state index in [1.807, 2.05) is 0 Å². The number of carbonyl (C=O) groups is 2. The quantitative estimate of drug-likeness (QED) is 0.338. The molecule has 7 nitrogen and oxygen atoms in total. The fourth-order valence-corrected chi connectivity index (χ4v) is 5.02. The lowest BCUT2D eigenvalue weighted by Gasteiger charge is -2.24. The number of aliphatic hydroxyl groups excluding tert-OH is 1. The van der Waals surface area contributed by atoms with Crippen LogP contribution in [-0.4, -0.2) is 28.9 Å². The van der Waals surface area contributed by atoms with Crippen LogP contribution in [0.15, 0.2) is 70.5 Å². The van der Waals surface area contributed by atoms with Gasteiger partial charge in [-0.25, -0.2) is 4.98 Å². The van der Waals surface area contributed by atoms with E-state index in [4.69, 9.17) is 32.4 Å². The highest BCUT2D eigenvalue weighted by Gasteiger charge is 2.46. The molecule has 2 aromatic carbocycles. The van der Waals surface area contributed by atoms with Gasteiger partial charge in [0, 0.05) is 0 Å². The molecule has 0 bridgehead atoms. The number of benzene rings is 2. The van der Waals surface area contributed by atoms with Gasteiger partial charge in [-0.2, -0.15) is 0 Å². The van der Waals surface area contributed by atoms with Crippen molar-refractivity contribution in [2.45, 2.75) is 6.04 Å². The highest BCUT2D eigenvalue weighted by Crippen LogP contribution is 2.45. The molecule has 1 aliphatic heterocycles. The number of aromatic nitrogens is 1. The summed E-state index contributed by atoms with van der Waals surface area (Å²) in [5, 5.41) is 11.7. The standard InChI is InChI=1S/C23H14Cl2N2O5S/c1-31-12-5-7-15-17(10-12)33-23(26-15)27-19(11-4-6-13(24)14(25)9-11)18(21(29)22(27)30)20(28)16-3-2-8-32-16/h2-10,19,29H,1H3. The number of anilines is 1. The van der Waals surface area contributed by atoms with E-state index < -0.39 is 23.5 Å². The normalized spacial score (nSPS) is 16.2. The summed E-state index contributed by atoms with van der Waals surface area (Å²) in [5.41, 5.74) is 0.987. The first kappa shape index (κ1) is 21.5. The zero-order chi connectivity index (χ0) is 23.3. The average molecular weight is 501 g/mol. The van der Waals surface area contributed by atoms with Crippen molar-refractivity contribution in [2.24, 2.45) is 0 Å². The summed E-state index contributed by atoms with van der Waals surface area (Å²) in [7, 11) is 1.56. The van der Waals surface area contributed by atoms with Crippen LogP contribution in [0.25, 0.3) is 10.2 Å². The minimum Gasteiger partial charge on any atom is -0.503 e. The third kappa shape index (κ3) is 3.56. The molecule has 1 N–H and O–H groups in total. The van der Waals surface area contributed by atoms with E-state index in [0.29, 0.717) is 27.0 Å². The number of amides is 1. The minimum atomic E-state index is -0.993. The minimum absolute atomic E-state index is 0.00898. The average Bonchev–Trinajstić information content (AvgIpc) is 3.54. The fraction of sp³-hybridized carbons (Fsp3) is 0.0870. The van der Waals surface area contributed by atoms with E-state index in [9.17, 15) is 14.7 Å². The SMILES string of the molecule is COc1ccc2nc(N3C(=O)C(O)=C(C(=O)c4ccco4)C3c3ccc(Cl)c(Cl)c3)sc2c1. The Hall–Kier alpha value is -3.33. The molecule has 1 atom stereocenters. The van der Waals surface area contributed by atoms with Crippen LogP contribution in [-0.2, 0) is 4.79 Å². The number of ketones is 1. The number of Topliss-reactive ketones (excluding diaryl/α,β-unsaturated/α-hetero) is 1. The van der Waals surface area contributed by atoms with E-state index in [1.165, 1.54) is 28.6 Å². The Labute approximate surface area is 201 Å². The van der Waals surface area contributed by atoms with Crippen molar-refractivity contribution in [1.29, 1.82) is 0 Å². The second-order valence-electron chi connectivity index (χ2n) is 7.15. The predicted octanol–water partition coefficient (Wildman–Crippen LogP) is 5.99. The molecule has 0 spiro atoms. The van der Waals surface area contributed by atoms with E-state index >= 15 is 0 Å². The van der Waals surface area contributed by atoms with Gasteiger partial charge in [-0.05, 0) is 48.0 Å². The molecule has 1 aliphatic rings. The third-order valence-electron chi connectivity index (χ3n) is 5.25. The zero-order valence-corrected chi connectivity index (χ0v) is 19.2. The van der Waals surface area contributed by atoms with Crippen molar-refractivity contribution in [3.63, 3.8) is 0 Å². The van der Waals surface area contributed by atoms with Gasteiger partial charge in [0.2, 0.25) is 5.78 Å². The number of rotatable bonds is 5. The van der Waals surface area contributed by atoms with Crippen molar-refractivity contribution >= 4 is 61.6 Å². The fourth-order valence-electron chi connectivity index (χ4n) is 3.70. The summed E-state index contributed by atoms with van der Waals surface area (Å²) in [6.45, 7) is 0. The molecule has 5 rings (SSSR count). The molecule has 0 aliphatic carbocycles. The Morgan fingerprint density at radius 1 is 1.18 bits per heavy atom. The van der Waals surface area contributed by atoms with Crippen molar-refractivity contribution in [3.8, 4) is 5.75 Å². The first-order chi connectivity index (χ1) is 15.9. The van der Waals surface area contributed by atoms with Crippen LogP contribution >= 0.6 is 34.5 Å². The van der Waals surface area contributed by atoms with Crippen LogP contribution < -0.4 is 9.64 Å². The monoisotopic (exact) mass is 500 g/mol. The number of fused-ring (bicyclic) bond motifs is 1. The number of thiazole rings is 1. The van der Waals surface area contributed by atoms with E-state index in [1.54, 1.807) is 49.6 Å². The van der Waals surface area contributed by atoms with Crippen LogP contribution in [0, 0.1) is 0 Å². The molecule has 4 aromatic rings. The molecule has 0 saturated heterocycles. The van der Waals surface area contributed by atoms with E-state index in [-0.39, 0.29) is 16.4 Å². The molecule has 0 radical (unpaired) electrons. The maximum absolute atomic E-state index is 13.2. The van der Waals surface area contributed by atoms with Crippen LogP contribution in [0.5, 0.6) is 5.75 Å². The van der Waals surface area contributed by atoms with Crippen molar-refractivity contribution in [1.82, 2.24) is 4.98 Å². The number of aliphatic hydroxyl groups is 1. The van der Waals surface area contributed by atoms with Gasteiger partial charge in [-0.15, -0.1) is 0 Å². The van der Waals surface area contributed by atoms with Gasteiger partial charge in [-0.3, -0.25) is 14.5 Å². The van der Waals surface area contributed by atoms with Gasteiger partial charge in [0.15, 0.2) is 16.7 Å². The van der Waals surface area contributed by atoms with Crippen LogP contribution in [0.2, 0.25) is 10.0 Å². The maximum Gasteiger partial charge on any atom is 0.296 e. The molecule has 1 unspecified atom stereocenters. The van der Waals surface area contributed by atoms with Gasteiger partial charge < -0.3 is 14.3 Å². The number of nitrogens with zero attached hydrogens (tertiary/aromatic N) is 2. The summed E-state index contributed by atoms with van der Waals surface area (Å²) >= 11 is 13.6. The van der Waals surface area contributed by atoms with Gasteiger partial charge in [-0.1, -0.05) is 40.6 Å². The first-order valence-electron chi connectivity index (χ1n) is 9.63. The topological polar surface area (TPSA) is 92.9 Å². The molecular weight excluding hydrogens is 487 g/mol. The molecule has 3 heterocycles. The van der Waals surface area contributed by atoms with Gasteiger partial charge in [0.1, 0.15) is 5.75 Å². The predicted molar refractivity (Wildman–Crippen MR) is 126 cm³/mol. The number of methoxy groups -OCH3 is 1. The van der Waals surface area contributed by atoms with E-state index in [2.05, 4.69) is 4.98 Å². The summed E-state index contributed by atoms with van der Waals surface area (Å²) in [5.74, 6) is -1.42. The zero-order valence-electron chi connectivity index (χ0n) is 16.9. The van der Waals surface area contributed by atoms with Crippen LogP contribution in [0.3, 0.4) is 0 Å². The maximum atomic E-state index is 13.2. The van der Waals surface area contributed by atoms with Crippen LogP contribution in [0.4, 0.5) is 5.13 Å². The number of ether oxygens (including phenoxy) is 1. The molecule has 33 heavy (non-hydrogen) atoms. The second kappa shape index (κ2) is 8.22. The lowest BCUT2D eigenvalue weighted by Crippen LogP contribution is -2.31. The number of hydrogen-bond acceptors (Lipinski definition) is 7. The molecular formula is C23H14Cl2N2O5S. The summed E-state index contributed by atoms with van der Waals surface area (Å²) in [4.78, 5) is 32.3. The number of halogens is 2. The number of hydrogen-bond donors (Lipinski definition) is 1. The van der Waals surface area contributed by atoms with Gasteiger partial charge >= 0.3 is 0 Å². The summed E-state index contributed by atoms with van der Waals surface area (Å²) < 4.78 is 11.3. The van der Waals surface area contributed by atoms with Gasteiger partial charge in [0.05, 0.1) is 45.2 Å². The van der Waals surface area contributed by atoms with Crippen LogP contribution in [0.1, 0.15) is 22.2 Å². The lowest BCUT2D eigenvalue weighted by molar-refractivity contribution is -0.117. The summed E-state index contributed by atoms with van der Waals surface area (Å²) in [6, 6.07) is 12.1. The second-order valence-corrected chi connectivity index (χ2v) is 8.97. The van der Waals surface area contributed by atoms with Gasteiger partial charge in [0.25, 0.3) is 5.91 Å². The van der Waals surface area contributed by atoms with Crippen molar-refractivity contribution < 1.29 is 23.8 Å². The Morgan fingerprint density at radius 2 is 2.00 bits per heavy atom. The molecule has 0 fully saturated rings. The smallest absolute Gasteiger partial charge is 0.296 e. The Kier molecular flexibility index (Phi) is 5.36. The largest absolute Gasteiger partial charge is 0.503 e. The Bertz CT molecular complexity index is 1440. The molecule has 10 heteroatoms. The Balaban J connectivity index is 1.69. The first-order valence-corrected chi connectivity index (χ1v) is 11.2. The van der Waals surface area contributed by atoms with E-state index in [0.717, 1.165) is 4.70 Å². The lowest BCUT2D eigenvalue weighted by atomic mass is 9.95. The van der Waals surface area contributed by atoms with Crippen molar-refractivity contribution in [3.05, 3.63) is 87.5 Å². The molecule has 1 amide bonds.